The number of morpholine rings is 1. The van der Waals surface area contributed by atoms with E-state index < -0.39 is 0 Å². The van der Waals surface area contributed by atoms with Crippen LogP contribution in [-0.4, -0.2) is 40.2 Å². The van der Waals surface area contributed by atoms with Gasteiger partial charge in [0.15, 0.2) is 11.5 Å². The number of ether oxygens (including phenoxy) is 1. The van der Waals surface area contributed by atoms with Gasteiger partial charge in [-0.25, -0.2) is 9.97 Å². The largest absolute Gasteiger partial charge is 0.375 e. The summed E-state index contributed by atoms with van der Waals surface area (Å²) in [7, 11) is 0. The van der Waals surface area contributed by atoms with Crippen molar-refractivity contribution in [2.45, 2.75) is 13.0 Å². The molecule has 3 heterocycles. The van der Waals surface area contributed by atoms with Gasteiger partial charge >= 0.3 is 0 Å². The predicted molar refractivity (Wildman–Crippen MR) is 60.6 cm³/mol. The Morgan fingerprint density at radius 2 is 2.12 bits per heavy atom. The zero-order valence-electron chi connectivity index (χ0n) is 9.21. The van der Waals surface area contributed by atoms with Crippen molar-refractivity contribution in [2.24, 2.45) is 0 Å². The zero-order chi connectivity index (χ0) is 11.0. The lowest BCUT2D eigenvalue weighted by Gasteiger charge is -2.31. The van der Waals surface area contributed by atoms with Crippen LogP contribution in [0.2, 0.25) is 0 Å². The van der Waals surface area contributed by atoms with Crippen molar-refractivity contribution in [2.75, 3.05) is 24.6 Å². The number of hydrogen-bond acceptors (Lipinski definition) is 4. The second-order valence-corrected chi connectivity index (χ2v) is 4.04. The highest BCUT2D eigenvalue weighted by Gasteiger charge is 2.20. The molecule has 16 heavy (non-hydrogen) atoms. The van der Waals surface area contributed by atoms with Gasteiger partial charge in [-0.15, -0.1) is 0 Å². The van der Waals surface area contributed by atoms with Crippen molar-refractivity contribution in [1.29, 1.82) is 0 Å². The van der Waals surface area contributed by atoms with Gasteiger partial charge in [-0.3, -0.25) is 0 Å². The van der Waals surface area contributed by atoms with E-state index in [1.165, 1.54) is 0 Å². The first-order valence-electron chi connectivity index (χ1n) is 5.49. The minimum atomic E-state index is 0.255. The second kappa shape index (κ2) is 3.75. The van der Waals surface area contributed by atoms with Crippen molar-refractivity contribution in [1.82, 2.24) is 14.4 Å². The van der Waals surface area contributed by atoms with Gasteiger partial charge in [-0.2, -0.15) is 0 Å². The SMILES string of the molecule is CC1CN(c2nccn3ccnc23)CCO1. The molecular weight excluding hydrogens is 204 g/mol. The van der Waals surface area contributed by atoms with E-state index >= 15 is 0 Å². The van der Waals surface area contributed by atoms with Gasteiger partial charge in [0, 0.05) is 37.9 Å². The van der Waals surface area contributed by atoms with Gasteiger partial charge < -0.3 is 14.0 Å². The summed E-state index contributed by atoms with van der Waals surface area (Å²) < 4.78 is 7.51. The number of rotatable bonds is 1. The molecule has 0 aromatic carbocycles. The Bertz CT molecular complexity index is 495. The Hall–Kier alpha value is -1.62. The van der Waals surface area contributed by atoms with Crippen LogP contribution in [0.3, 0.4) is 0 Å². The molecule has 1 atom stereocenters. The van der Waals surface area contributed by atoms with Gasteiger partial charge in [-0.1, -0.05) is 0 Å². The molecule has 0 saturated carbocycles. The summed E-state index contributed by atoms with van der Waals surface area (Å²) in [5.41, 5.74) is 0.914. The minimum absolute atomic E-state index is 0.255. The molecule has 5 nitrogen and oxygen atoms in total. The van der Waals surface area contributed by atoms with E-state index in [2.05, 4.69) is 21.8 Å². The van der Waals surface area contributed by atoms with Crippen molar-refractivity contribution < 1.29 is 4.74 Å². The number of aromatic nitrogens is 3. The van der Waals surface area contributed by atoms with Crippen LogP contribution in [0.4, 0.5) is 5.82 Å². The first-order valence-corrected chi connectivity index (χ1v) is 5.49. The van der Waals surface area contributed by atoms with Crippen LogP contribution < -0.4 is 4.90 Å². The zero-order valence-corrected chi connectivity index (χ0v) is 9.21. The molecule has 1 aliphatic heterocycles. The van der Waals surface area contributed by atoms with Crippen LogP contribution in [0.25, 0.3) is 5.65 Å². The summed E-state index contributed by atoms with van der Waals surface area (Å²) in [6.07, 6.45) is 7.71. The lowest BCUT2D eigenvalue weighted by atomic mass is 10.3. The Morgan fingerprint density at radius 1 is 1.31 bits per heavy atom. The third kappa shape index (κ3) is 1.53. The van der Waals surface area contributed by atoms with E-state index in [0.717, 1.165) is 31.2 Å². The molecule has 1 fully saturated rings. The Balaban J connectivity index is 2.01. The number of anilines is 1. The summed E-state index contributed by atoms with van der Waals surface area (Å²) in [4.78, 5) is 11.0. The maximum Gasteiger partial charge on any atom is 0.180 e. The number of fused-ring (bicyclic) bond motifs is 1. The first-order chi connectivity index (χ1) is 7.84. The lowest BCUT2D eigenvalue weighted by Crippen LogP contribution is -2.41. The standard InChI is InChI=1S/C11H14N4O/c1-9-8-15(6-7-16-9)11-10-12-2-4-14(10)5-3-13-11/h2-5,9H,6-8H2,1H3. The van der Waals surface area contributed by atoms with Crippen LogP contribution in [0, 0.1) is 0 Å². The average Bonchev–Trinajstić information content (AvgIpc) is 2.76. The van der Waals surface area contributed by atoms with Crippen molar-refractivity contribution in [3.63, 3.8) is 0 Å². The Morgan fingerprint density at radius 3 is 2.94 bits per heavy atom. The summed E-state index contributed by atoms with van der Waals surface area (Å²) in [5.74, 6) is 0.947. The molecule has 0 amide bonds. The fourth-order valence-electron chi connectivity index (χ4n) is 2.07. The van der Waals surface area contributed by atoms with Gasteiger partial charge in [0.2, 0.25) is 0 Å². The van der Waals surface area contributed by atoms with Crippen LogP contribution in [0.1, 0.15) is 6.92 Å². The second-order valence-electron chi connectivity index (χ2n) is 4.04. The molecule has 2 aromatic heterocycles. The molecular formula is C11H14N4O. The van der Waals surface area contributed by atoms with Crippen LogP contribution in [-0.2, 0) is 4.74 Å². The van der Waals surface area contributed by atoms with E-state index in [1.54, 1.807) is 6.20 Å². The quantitative estimate of drug-likeness (QED) is 0.715. The van der Waals surface area contributed by atoms with Gasteiger partial charge in [-0.05, 0) is 6.92 Å². The van der Waals surface area contributed by atoms with Gasteiger partial charge in [0.05, 0.1) is 12.7 Å². The maximum atomic E-state index is 5.53. The van der Waals surface area contributed by atoms with E-state index in [0.29, 0.717) is 0 Å². The number of nitrogens with zero attached hydrogens (tertiary/aromatic N) is 4. The van der Waals surface area contributed by atoms with Crippen molar-refractivity contribution in [3.8, 4) is 0 Å². The molecule has 0 bridgehead atoms. The molecule has 1 saturated heterocycles. The normalized spacial score (nSPS) is 21.6. The molecule has 1 aliphatic rings. The Labute approximate surface area is 93.7 Å². The van der Waals surface area contributed by atoms with Gasteiger partial charge in [0.1, 0.15) is 0 Å². The molecule has 0 spiro atoms. The van der Waals surface area contributed by atoms with E-state index in [1.807, 2.05) is 23.0 Å². The maximum absolute atomic E-state index is 5.53. The smallest absolute Gasteiger partial charge is 0.180 e. The van der Waals surface area contributed by atoms with Crippen LogP contribution in [0.15, 0.2) is 24.8 Å². The third-order valence-electron chi connectivity index (χ3n) is 2.83. The summed E-state index contributed by atoms with van der Waals surface area (Å²) in [5, 5.41) is 0. The number of hydrogen-bond donors (Lipinski definition) is 0. The highest BCUT2D eigenvalue weighted by atomic mass is 16.5. The third-order valence-corrected chi connectivity index (χ3v) is 2.83. The van der Waals surface area contributed by atoms with E-state index in [4.69, 9.17) is 4.74 Å². The monoisotopic (exact) mass is 218 g/mol. The first kappa shape index (κ1) is 9.59. The summed E-state index contributed by atoms with van der Waals surface area (Å²) in [6, 6.07) is 0. The highest BCUT2D eigenvalue weighted by molar-refractivity contribution is 5.64. The highest BCUT2D eigenvalue weighted by Crippen LogP contribution is 2.19. The van der Waals surface area contributed by atoms with Crippen LogP contribution >= 0.6 is 0 Å². The molecule has 0 radical (unpaired) electrons. The predicted octanol–water partition coefficient (Wildman–Crippen LogP) is 0.954. The topological polar surface area (TPSA) is 42.7 Å². The average molecular weight is 218 g/mol. The molecule has 0 N–H and O–H groups in total. The van der Waals surface area contributed by atoms with Crippen LogP contribution in [0.5, 0.6) is 0 Å². The van der Waals surface area contributed by atoms with Gasteiger partial charge in [0.25, 0.3) is 0 Å². The van der Waals surface area contributed by atoms with E-state index in [9.17, 15) is 0 Å². The van der Waals surface area contributed by atoms with E-state index in [-0.39, 0.29) is 6.10 Å². The molecule has 84 valence electrons. The Kier molecular flexibility index (Phi) is 2.25. The minimum Gasteiger partial charge on any atom is -0.375 e. The molecule has 2 aromatic rings. The molecule has 5 heteroatoms. The summed E-state index contributed by atoms with van der Waals surface area (Å²) >= 11 is 0. The van der Waals surface area contributed by atoms with Crippen molar-refractivity contribution >= 4 is 11.5 Å². The lowest BCUT2D eigenvalue weighted by molar-refractivity contribution is 0.0530. The summed E-state index contributed by atoms with van der Waals surface area (Å²) in [6.45, 7) is 4.59. The number of imidazole rings is 1. The molecule has 0 aliphatic carbocycles. The molecule has 1 unspecified atom stereocenters. The fraction of sp³-hybridized carbons (Fsp3) is 0.455. The fourth-order valence-corrected chi connectivity index (χ4v) is 2.07. The molecule has 3 rings (SSSR count). The van der Waals surface area contributed by atoms with Crippen molar-refractivity contribution in [3.05, 3.63) is 24.8 Å².